The van der Waals surface area contributed by atoms with Crippen molar-refractivity contribution in [2.24, 2.45) is 0 Å². The first kappa shape index (κ1) is 26.7. The number of hydrogen-bond acceptors (Lipinski definition) is 5. The van der Waals surface area contributed by atoms with Crippen molar-refractivity contribution in [3.8, 4) is 0 Å². The maximum Gasteiger partial charge on any atom is 0.261 e. The van der Waals surface area contributed by atoms with Crippen LogP contribution >= 0.6 is 0 Å². The lowest BCUT2D eigenvalue weighted by Gasteiger charge is -2.48. The minimum atomic E-state index is -2.77. The summed E-state index contributed by atoms with van der Waals surface area (Å²) >= 11 is 0. The molecule has 2 aromatic carbocycles. The molecule has 0 aliphatic rings. The third kappa shape index (κ3) is 6.50. The standard InChI is InChI=1S/C26H40O5Si/c1-25(2,3)32(22-13-9-7-10-14-22,23-15-11-8-12-16-23)31-24(17-18-27)26(4,5)30-21-29-20-19-28-6/h7-16,24,27H,17-21H2,1-6H3/t24-/m1/s1. The van der Waals surface area contributed by atoms with E-state index in [2.05, 4.69) is 69.3 Å². The molecule has 0 aliphatic carbocycles. The van der Waals surface area contributed by atoms with Crippen LogP contribution in [-0.4, -0.2) is 58.9 Å². The van der Waals surface area contributed by atoms with E-state index in [1.54, 1.807) is 7.11 Å². The van der Waals surface area contributed by atoms with Gasteiger partial charge >= 0.3 is 0 Å². The largest absolute Gasteiger partial charge is 0.401 e. The molecular formula is C26H40O5Si. The molecule has 0 unspecified atom stereocenters. The Morgan fingerprint density at radius 2 is 1.38 bits per heavy atom. The Morgan fingerprint density at radius 3 is 1.81 bits per heavy atom. The maximum absolute atomic E-state index is 9.91. The fourth-order valence-corrected chi connectivity index (χ4v) is 8.90. The van der Waals surface area contributed by atoms with E-state index in [4.69, 9.17) is 18.6 Å². The zero-order chi connectivity index (χ0) is 23.7. The topological polar surface area (TPSA) is 57.2 Å². The third-order valence-corrected chi connectivity index (χ3v) is 10.9. The fourth-order valence-electron chi connectivity index (χ4n) is 4.06. The molecule has 0 saturated carbocycles. The zero-order valence-electron chi connectivity index (χ0n) is 20.5. The van der Waals surface area contributed by atoms with E-state index in [-0.39, 0.29) is 24.5 Å². The summed E-state index contributed by atoms with van der Waals surface area (Å²) in [5, 5.41) is 12.2. The number of rotatable bonds is 13. The van der Waals surface area contributed by atoms with Crippen molar-refractivity contribution in [1.82, 2.24) is 0 Å². The van der Waals surface area contributed by atoms with Crippen molar-refractivity contribution in [1.29, 1.82) is 0 Å². The average Bonchev–Trinajstić information content (AvgIpc) is 2.76. The quantitative estimate of drug-likeness (QED) is 0.280. The van der Waals surface area contributed by atoms with Crippen LogP contribution in [0.3, 0.4) is 0 Å². The summed E-state index contributed by atoms with van der Waals surface area (Å²) in [6, 6.07) is 21.0. The number of aliphatic hydroxyl groups is 1. The van der Waals surface area contributed by atoms with Crippen LogP contribution in [0.5, 0.6) is 0 Å². The first-order chi connectivity index (χ1) is 15.2. The molecule has 0 aromatic heterocycles. The van der Waals surface area contributed by atoms with E-state index < -0.39 is 13.9 Å². The molecule has 0 heterocycles. The highest BCUT2D eigenvalue weighted by molar-refractivity contribution is 6.99. The van der Waals surface area contributed by atoms with Gasteiger partial charge in [0.2, 0.25) is 0 Å². The van der Waals surface area contributed by atoms with Gasteiger partial charge in [0.05, 0.1) is 24.9 Å². The van der Waals surface area contributed by atoms with Crippen LogP contribution in [0.25, 0.3) is 0 Å². The van der Waals surface area contributed by atoms with Crippen LogP contribution in [-0.2, 0) is 18.6 Å². The Labute approximate surface area is 194 Å². The Kier molecular flexibility index (Phi) is 10.1. The summed E-state index contributed by atoms with van der Waals surface area (Å²) in [6.45, 7) is 11.9. The SMILES string of the molecule is COCCOCOC(C)(C)[C@@H](CCO)O[Si](c1ccccc1)(c1ccccc1)C(C)(C)C. The lowest BCUT2D eigenvalue weighted by atomic mass is 9.99. The first-order valence-electron chi connectivity index (χ1n) is 11.3. The molecule has 0 saturated heterocycles. The van der Waals surface area contributed by atoms with Crippen molar-refractivity contribution in [2.75, 3.05) is 33.7 Å². The van der Waals surface area contributed by atoms with E-state index in [0.29, 0.717) is 19.6 Å². The van der Waals surface area contributed by atoms with Gasteiger partial charge in [0.25, 0.3) is 8.32 Å². The first-order valence-corrected chi connectivity index (χ1v) is 13.2. The second-order valence-corrected chi connectivity index (χ2v) is 13.8. The molecule has 178 valence electrons. The predicted molar refractivity (Wildman–Crippen MR) is 132 cm³/mol. The molecule has 6 heteroatoms. The van der Waals surface area contributed by atoms with Crippen molar-refractivity contribution in [2.45, 2.75) is 57.8 Å². The molecule has 1 atom stereocenters. The highest BCUT2D eigenvalue weighted by Crippen LogP contribution is 2.39. The molecule has 0 spiro atoms. The molecule has 5 nitrogen and oxygen atoms in total. The number of aliphatic hydroxyl groups excluding tert-OH is 1. The highest BCUT2D eigenvalue weighted by Gasteiger charge is 2.53. The van der Waals surface area contributed by atoms with Crippen LogP contribution < -0.4 is 10.4 Å². The lowest BCUT2D eigenvalue weighted by molar-refractivity contribution is -0.169. The van der Waals surface area contributed by atoms with Gasteiger partial charge in [-0.3, -0.25) is 0 Å². The number of benzene rings is 2. The molecule has 2 rings (SSSR count). The van der Waals surface area contributed by atoms with Gasteiger partial charge in [-0.05, 0) is 35.7 Å². The summed E-state index contributed by atoms with van der Waals surface area (Å²) in [6.07, 6.45) is 0.139. The van der Waals surface area contributed by atoms with Crippen LogP contribution in [0.4, 0.5) is 0 Å². The second kappa shape index (κ2) is 12.1. The van der Waals surface area contributed by atoms with Gasteiger partial charge < -0.3 is 23.7 Å². The highest BCUT2D eigenvalue weighted by atomic mass is 28.4. The Hall–Kier alpha value is -1.54. The molecule has 0 bridgehead atoms. The third-order valence-electron chi connectivity index (χ3n) is 5.85. The predicted octanol–water partition coefficient (Wildman–Crippen LogP) is 3.73. The summed E-state index contributed by atoms with van der Waals surface area (Å²) in [5.74, 6) is 0. The molecule has 0 amide bonds. The van der Waals surface area contributed by atoms with Gasteiger partial charge in [0.15, 0.2) is 0 Å². The number of hydrogen-bond donors (Lipinski definition) is 1. The molecule has 0 fully saturated rings. The molecule has 0 radical (unpaired) electrons. The number of ether oxygens (including phenoxy) is 3. The molecule has 2 aromatic rings. The monoisotopic (exact) mass is 460 g/mol. The van der Waals surface area contributed by atoms with Gasteiger partial charge in [-0.1, -0.05) is 81.4 Å². The fraction of sp³-hybridized carbons (Fsp3) is 0.538. The van der Waals surface area contributed by atoms with E-state index in [1.807, 2.05) is 26.0 Å². The average molecular weight is 461 g/mol. The minimum absolute atomic E-state index is 0.0141. The molecular weight excluding hydrogens is 420 g/mol. The summed E-state index contributed by atoms with van der Waals surface area (Å²) in [5.41, 5.74) is -0.664. The van der Waals surface area contributed by atoms with Gasteiger partial charge in [-0.25, -0.2) is 0 Å². The minimum Gasteiger partial charge on any atom is -0.401 e. The van der Waals surface area contributed by atoms with Crippen molar-refractivity contribution in [3.63, 3.8) is 0 Å². The van der Waals surface area contributed by atoms with E-state index >= 15 is 0 Å². The summed E-state index contributed by atoms with van der Waals surface area (Å²) in [4.78, 5) is 0. The summed E-state index contributed by atoms with van der Waals surface area (Å²) in [7, 11) is -1.13. The lowest BCUT2D eigenvalue weighted by Crippen LogP contribution is -2.69. The van der Waals surface area contributed by atoms with E-state index in [1.165, 1.54) is 10.4 Å². The Morgan fingerprint density at radius 1 is 0.844 bits per heavy atom. The number of methoxy groups -OCH3 is 1. The van der Waals surface area contributed by atoms with E-state index in [9.17, 15) is 5.11 Å². The normalized spacial score (nSPS) is 13.8. The summed E-state index contributed by atoms with van der Waals surface area (Å²) < 4.78 is 23.9. The molecule has 0 aliphatic heterocycles. The zero-order valence-corrected chi connectivity index (χ0v) is 21.5. The Balaban J connectivity index is 2.48. The smallest absolute Gasteiger partial charge is 0.261 e. The van der Waals surface area contributed by atoms with Gasteiger partial charge in [-0.15, -0.1) is 0 Å². The van der Waals surface area contributed by atoms with E-state index in [0.717, 1.165) is 0 Å². The van der Waals surface area contributed by atoms with Crippen LogP contribution in [0.1, 0.15) is 41.0 Å². The molecule has 32 heavy (non-hydrogen) atoms. The van der Waals surface area contributed by atoms with Gasteiger partial charge in [-0.2, -0.15) is 0 Å². The van der Waals surface area contributed by atoms with Crippen molar-refractivity contribution < 1.29 is 23.7 Å². The van der Waals surface area contributed by atoms with Crippen LogP contribution in [0, 0.1) is 0 Å². The van der Waals surface area contributed by atoms with Gasteiger partial charge in [0, 0.05) is 13.7 Å². The maximum atomic E-state index is 9.91. The van der Waals surface area contributed by atoms with Crippen molar-refractivity contribution >= 4 is 18.7 Å². The second-order valence-electron chi connectivity index (χ2n) is 9.55. The van der Waals surface area contributed by atoms with Crippen LogP contribution in [0.2, 0.25) is 5.04 Å². The van der Waals surface area contributed by atoms with Crippen LogP contribution in [0.15, 0.2) is 60.7 Å². The van der Waals surface area contributed by atoms with Gasteiger partial charge in [0.1, 0.15) is 6.79 Å². The van der Waals surface area contributed by atoms with Crippen molar-refractivity contribution in [3.05, 3.63) is 60.7 Å². The Bertz CT molecular complexity index is 734. The molecule has 1 N–H and O–H groups in total.